The smallest absolute Gasteiger partial charge is 0.191 e. The summed E-state index contributed by atoms with van der Waals surface area (Å²) in [6.45, 7) is 14.1. The Kier molecular flexibility index (Phi) is 10.3. The summed E-state index contributed by atoms with van der Waals surface area (Å²) in [6, 6.07) is 0. The topological polar surface area (TPSA) is 63.1 Å². The van der Waals surface area contributed by atoms with Crippen LogP contribution in [-0.2, 0) is 0 Å². The first-order valence-electron chi connectivity index (χ1n) is 10.8. The maximum Gasteiger partial charge on any atom is 0.191 e. The summed E-state index contributed by atoms with van der Waals surface area (Å²) in [6.07, 6.45) is 6.73. The summed E-state index contributed by atoms with van der Waals surface area (Å²) in [5.41, 5.74) is 0. The van der Waals surface area contributed by atoms with Crippen molar-refractivity contribution in [2.75, 3.05) is 58.9 Å². The van der Waals surface area contributed by atoms with Crippen LogP contribution in [0.1, 0.15) is 52.4 Å². The molecular weight excluding hydrogens is 326 g/mol. The summed E-state index contributed by atoms with van der Waals surface area (Å²) in [5, 5.41) is 16.4. The Morgan fingerprint density at radius 2 is 1.58 bits per heavy atom. The normalized spacial score (nSPS) is 21.9. The minimum Gasteiger partial charge on any atom is -0.393 e. The fourth-order valence-corrected chi connectivity index (χ4v) is 3.76. The summed E-state index contributed by atoms with van der Waals surface area (Å²) < 4.78 is 0. The van der Waals surface area contributed by atoms with Gasteiger partial charge in [0, 0.05) is 32.7 Å². The van der Waals surface area contributed by atoms with Gasteiger partial charge in [-0.3, -0.25) is 4.99 Å². The molecule has 0 atom stereocenters. The molecule has 2 aliphatic rings. The van der Waals surface area contributed by atoms with Crippen LogP contribution in [0.15, 0.2) is 4.99 Å². The zero-order valence-corrected chi connectivity index (χ0v) is 17.1. The van der Waals surface area contributed by atoms with Crippen LogP contribution >= 0.6 is 0 Å². The molecule has 0 aliphatic carbocycles. The Bertz CT molecular complexity index is 388. The number of hydrogen-bond acceptors (Lipinski definition) is 4. The molecule has 2 heterocycles. The lowest BCUT2D eigenvalue weighted by Gasteiger charge is -2.30. The van der Waals surface area contributed by atoms with Crippen LogP contribution in [0.3, 0.4) is 0 Å². The summed E-state index contributed by atoms with van der Waals surface area (Å²) in [4.78, 5) is 9.76. The highest BCUT2D eigenvalue weighted by molar-refractivity contribution is 5.79. The monoisotopic (exact) mass is 367 g/mol. The molecule has 2 aliphatic heterocycles. The average molecular weight is 368 g/mol. The largest absolute Gasteiger partial charge is 0.393 e. The molecule has 2 rings (SSSR count). The van der Waals surface area contributed by atoms with Gasteiger partial charge in [0.1, 0.15) is 0 Å². The second-order valence-corrected chi connectivity index (χ2v) is 7.99. The van der Waals surface area contributed by atoms with Gasteiger partial charge in [-0.2, -0.15) is 0 Å². The van der Waals surface area contributed by atoms with Crippen LogP contribution in [-0.4, -0.2) is 85.9 Å². The van der Waals surface area contributed by atoms with E-state index < -0.39 is 0 Å². The van der Waals surface area contributed by atoms with E-state index in [2.05, 4.69) is 34.3 Å². The lowest BCUT2D eigenvalue weighted by Crippen LogP contribution is -2.40. The van der Waals surface area contributed by atoms with Gasteiger partial charge in [-0.1, -0.05) is 6.92 Å². The minimum absolute atomic E-state index is 0.0813. The predicted octanol–water partition coefficient (Wildman–Crippen LogP) is 1.51. The molecule has 0 aromatic rings. The molecule has 0 radical (unpaired) electrons. The molecule has 3 N–H and O–H groups in total. The highest BCUT2D eigenvalue weighted by atomic mass is 16.3. The quantitative estimate of drug-likeness (QED) is 0.328. The van der Waals surface area contributed by atoms with Crippen LogP contribution in [0.5, 0.6) is 0 Å². The van der Waals surface area contributed by atoms with Crippen molar-refractivity contribution in [1.82, 2.24) is 20.4 Å². The number of aliphatic imine (C=N–C) groups is 1. The lowest BCUT2D eigenvalue weighted by molar-refractivity contribution is 0.0824. The maximum absolute atomic E-state index is 9.56. The van der Waals surface area contributed by atoms with Crippen molar-refractivity contribution in [2.24, 2.45) is 10.9 Å². The number of nitrogens with one attached hydrogen (secondary N) is 2. The number of hydrogen-bond donors (Lipinski definition) is 3. The van der Waals surface area contributed by atoms with E-state index in [0.717, 1.165) is 70.4 Å². The van der Waals surface area contributed by atoms with Gasteiger partial charge < -0.3 is 25.5 Å². The number of likely N-dealkylation sites (tertiary alicyclic amines) is 2. The van der Waals surface area contributed by atoms with Gasteiger partial charge in [-0.15, -0.1) is 0 Å². The average Bonchev–Trinajstić information content (AvgIpc) is 2.65. The first-order valence-corrected chi connectivity index (χ1v) is 10.8. The molecule has 0 aromatic heterocycles. The molecule has 0 unspecified atom stereocenters. The van der Waals surface area contributed by atoms with Crippen molar-refractivity contribution in [3.8, 4) is 0 Å². The van der Waals surface area contributed by atoms with Gasteiger partial charge in [-0.25, -0.2) is 0 Å². The highest BCUT2D eigenvalue weighted by Crippen LogP contribution is 2.15. The molecule has 2 fully saturated rings. The molecule has 26 heavy (non-hydrogen) atoms. The van der Waals surface area contributed by atoms with Crippen LogP contribution in [0.2, 0.25) is 0 Å². The van der Waals surface area contributed by atoms with Crippen molar-refractivity contribution < 1.29 is 5.11 Å². The van der Waals surface area contributed by atoms with Crippen LogP contribution < -0.4 is 10.6 Å². The fourth-order valence-electron chi connectivity index (χ4n) is 3.76. The van der Waals surface area contributed by atoms with Gasteiger partial charge in [0.25, 0.3) is 0 Å². The zero-order chi connectivity index (χ0) is 18.6. The Morgan fingerprint density at radius 1 is 0.962 bits per heavy atom. The van der Waals surface area contributed by atoms with E-state index in [1.54, 1.807) is 0 Å². The van der Waals surface area contributed by atoms with Crippen molar-refractivity contribution in [1.29, 1.82) is 0 Å². The molecule has 2 saturated heterocycles. The molecule has 0 saturated carbocycles. The standard InChI is InChI=1S/C20H41N5O/c1-3-21-20(22-10-4-12-24-14-6-18(2)7-15-24)23-11-5-13-25-16-8-19(26)9-17-25/h18-19,26H,3-17H2,1-2H3,(H2,21,22,23). The van der Waals surface area contributed by atoms with Crippen LogP contribution in [0.4, 0.5) is 0 Å². The van der Waals surface area contributed by atoms with Crippen molar-refractivity contribution in [2.45, 2.75) is 58.5 Å². The number of rotatable bonds is 9. The molecule has 0 bridgehead atoms. The molecule has 6 heteroatoms. The van der Waals surface area contributed by atoms with E-state index in [0.29, 0.717) is 0 Å². The Hall–Kier alpha value is -0.850. The molecule has 6 nitrogen and oxygen atoms in total. The van der Waals surface area contributed by atoms with Gasteiger partial charge in [-0.05, 0) is 77.5 Å². The third kappa shape index (κ3) is 8.69. The third-order valence-electron chi connectivity index (χ3n) is 5.62. The van der Waals surface area contributed by atoms with Gasteiger partial charge >= 0.3 is 0 Å². The van der Waals surface area contributed by atoms with Crippen molar-refractivity contribution >= 4 is 5.96 Å². The Morgan fingerprint density at radius 3 is 2.23 bits per heavy atom. The summed E-state index contributed by atoms with van der Waals surface area (Å²) >= 11 is 0. The number of guanidine groups is 1. The number of piperidine rings is 2. The molecule has 152 valence electrons. The van der Waals surface area contributed by atoms with E-state index >= 15 is 0 Å². The number of nitrogens with zero attached hydrogens (tertiary/aromatic N) is 3. The molecule has 0 aromatic carbocycles. The predicted molar refractivity (Wildman–Crippen MR) is 110 cm³/mol. The Labute approximate surface area is 160 Å². The second-order valence-electron chi connectivity index (χ2n) is 7.99. The number of aliphatic hydroxyl groups excluding tert-OH is 1. The van der Waals surface area contributed by atoms with E-state index in [-0.39, 0.29) is 6.10 Å². The summed E-state index contributed by atoms with van der Waals surface area (Å²) in [7, 11) is 0. The van der Waals surface area contributed by atoms with Crippen molar-refractivity contribution in [3.05, 3.63) is 0 Å². The lowest BCUT2D eigenvalue weighted by atomic mass is 9.99. The van der Waals surface area contributed by atoms with Crippen LogP contribution in [0, 0.1) is 5.92 Å². The highest BCUT2D eigenvalue weighted by Gasteiger charge is 2.16. The SMILES string of the molecule is CCNC(=NCCCN1CCC(O)CC1)NCCCN1CCC(C)CC1. The maximum atomic E-state index is 9.56. The second kappa shape index (κ2) is 12.5. The molecule has 0 spiro atoms. The first kappa shape index (κ1) is 21.5. The van der Waals surface area contributed by atoms with Gasteiger partial charge in [0.2, 0.25) is 0 Å². The molecule has 0 amide bonds. The first-order chi connectivity index (χ1) is 12.7. The summed E-state index contributed by atoms with van der Waals surface area (Å²) in [5.74, 6) is 1.86. The van der Waals surface area contributed by atoms with E-state index in [1.807, 2.05) is 0 Å². The number of aliphatic hydroxyl groups is 1. The zero-order valence-electron chi connectivity index (χ0n) is 17.1. The van der Waals surface area contributed by atoms with Crippen LogP contribution in [0.25, 0.3) is 0 Å². The van der Waals surface area contributed by atoms with E-state index in [4.69, 9.17) is 4.99 Å². The van der Waals surface area contributed by atoms with Gasteiger partial charge in [0.05, 0.1) is 6.10 Å². The van der Waals surface area contributed by atoms with Crippen molar-refractivity contribution in [3.63, 3.8) is 0 Å². The van der Waals surface area contributed by atoms with E-state index in [1.165, 1.54) is 38.9 Å². The van der Waals surface area contributed by atoms with Gasteiger partial charge in [0.15, 0.2) is 5.96 Å². The van der Waals surface area contributed by atoms with E-state index in [9.17, 15) is 5.11 Å². The fraction of sp³-hybridized carbons (Fsp3) is 0.950. The molecular formula is C20H41N5O. The minimum atomic E-state index is -0.0813. The third-order valence-corrected chi connectivity index (χ3v) is 5.62. The Balaban J connectivity index is 1.55.